The topological polar surface area (TPSA) is 70.3 Å². The predicted molar refractivity (Wildman–Crippen MR) is 175 cm³/mol. The van der Waals surface area contributed by atoms with Crippen molar-refractivity contribution in [2.24, 2.45) is 0 Å². The molecule has 41 heavy (non-hydrogen) atoms. The molecule has 0 bridgehead atoms. The quantitative estimate of drug-likeness (QED) is 0.133. The fourth-order valence-electron chi connectivity index (χ4n) is 5.45. The van der Waals surface area contributed by atoms with Gasteiger partial charge in [-0.25, -0.2) is 0 Å². The van der Waals surface area contributed by atoms with Crippen LogP contribution in [-0.2, 0) is 6.54 Å². The zero-order valence-electron chi connectivity index (χ0n) is 23.9. The standard InChI is InChI=1S/C32H36N6OS2/c1-5-6-15-31-33-26-18-24(35-40-4)16-17-28(26)38(31)20-23-19-37(27-12-8-7-11-25(23)27)29-13-9-10-14-30(29)41-36-32-21(2)22(3)39-34-32/h7-14,16-19,31,33,35H,5-6,15,20H2,1-4H3,(H,34,36). The second kappa shape index (κ2) is 12.0. The Balaban J connectivity index is 1.35. The molecule has 1 aliphatic rings. The normalized spacial score (nSPS) is 14.3. The van der Waals surface area contributed by atoms with Gasteiger partial charge in [-0.2, -0.15) is 0 Å². The van der Waals surface area contributed by atoms with Crippen LogP contribution in [0.15, 0.2) is 82.3 Å². The van der Waals surface area contributed by atoms with E-state index in [2.05, 4.69) is 115 Å². The number of anilines is 4. The lowest BCUT2D eigenvalue weighted by Crippen LogP contribution is -2.35. The number of hydrogen-bond donors (Lipinski definition) is 3. The fraction of sp³-hybridized carbons (Fsp3) is 0.281. The Kier molecular flexibility index (Phi) is 8.07. The lowest BCUT2D eigenvalue weighted by Gasteiger charge is -2.27. The number of nitrogens with zero attached hydrogens (tertiary/aromatic N) is 3. The fourth-order valence-corrected chi connectivity index (χ4v) is 6.62. The molecule has 5 aromatic rings. The summed E-state index contributed by atoms with van der Waals surface area (Å²) in [5, 5.41) is 9.26. The molecule has 212 valence electrons. The maximum atomic E-state index is 5.35. The van der Waals surface area contributed by atoms with E-state index in [0.717, 1.165) is 46.4 Å². The molecule has 3 heterocycles. The van der Waals surface area contributed by atoms with Crippen molar-refractivity contribution in [3.05, 3.63) is 89.8 Å². The van der Waals surface area contributed by atoms with Crippen molar-refractivity contribution in [2.75, 3.05) is 25.9 Å². The van der Waals surface area contributed by atoms with Crippen LogP contribution >= 0.6 is 23.9 Å². The summed E-state index contributed by atoms with van der Waals surface area (Å²) >= 11 is 3.17. The molecule has 0 saturated heterocycles. The van der Waals surface area contributed by atoms with Gasteiger partial charge in [0.1, 0.15) is 5.76 Å². The zero-order chi connectivity index (χ0) is 28.3. The van der Waals surface area contributed by atoms with Crippen LogP contribution in [0.2, 0.25) is 0 Å². The number of nitrogens with one attached hydrogen (secondary N) is 3. The Bertz CT molecular complexity index is 1660. The summed E-state index contributed by atoms with van der Waals surface area (Å²) in [5.41, 5.74) is 8.22. The molecule has 3 N–H and O–H groups in total. The molecule has 1 unspecified atom stereocenters. The molecular formula is C32H36N6OS2. The smallest absolute Gasteiger partial charge is 0.182 e. The van der Waals surface area contributed by atoms with Gasteiger partial charge in [-0.05, 0) is 80.6 Å². The maximum absolute atomic E-state index is 5.35. The van der Waals surface area contributed by atoms with Crippen molar-refractivity contribution in [1.82, 2.24) is 9.72 Å². The molecule has 0 aliphatic carbocycles. The van der Waals surface area contributed by atoms with Gasteiger partial charge in [0, 0.05) is 35.6 Å². The first-order valence-electron chi connectivity index (χ1n) is 14.1. The van der Waals surface area contributed by atoms with Gasteiger partial charge >= 0.3 is 0 Å². The molecule has 0 radical (unpaired) electrons. The van der Waals surface area contributed by atoms with Gasteiger partial charge in [0.05, 0.1) is 33.6 Å². The SMILES string of the molecule is CCCCC1Nc2cc(NSC)ccc2N1Cc1cn(-c2ccccc2SNc2noc(C)c2C)c2ccccc12. The summed E-state index contributed by atoms with van der Waals surface area (Å²) in [5.74, 6) is 1.59. The molecule has 9 heteroatoms. The average molecular weight is 585 g/mol. The third kappa shape index (κ3) is 5.48. The minimum atomic E-state index is 0.262. The Morgan fingerprint density at radius 3 is 2.63 bits per heavy atom. The highest BCUT2D eigenvalue weighted by molar-refractivity contribution is 8.00. The summed E-state index contributed by atoms with van der Waals surface area (Å²) in [4.78, 5) is 3.65. The van der Waals surface area contributed by atoms with Crippen LogP contribution in [0, 0.1) is 13.8 Å². The van der Waals surface area contributed by atoms with E-state index in [4.69, 9.17) is 4.52 Å². The third-order valence-electron chi connectivity index (χ3n) is 7.73. The monoisotopic (exact) mass is 584 g/mol. The second-order valence-corrected chi connectivity index (χ2v) is 11.9. The molecule has 2 aromatic heterocycles. The molecule has 1 atom stereocenters. The first kappa shape index (κ1) is 27.5. The van der Waals surface area contributed by atoms with Gasteiger partial charge < -0.3 is 28.8 Å². The van der Waals surface area contributed by atoms with Gasteiger partial charge in [0.2, 0.25) is 0 Å². The molecule has 1 aliphatic heterocycles. The average Bonchev–Trinajstić information content (AvgIpc) is 3.64. The Morgan fingerprint density at radius 2 is 1.83 bits per heavy atom. The molecule has 0 saturated carbocycles. The highest BCUT2D eigenvalue weighted by Crippen LogP contribution is 2.41. The zero-order valence-corrected chi connectivity index (χ0v) is 25.5. The van der Waals surface area contributed by atoms with E-state index in [-0.39, 0.29) is 6.17 Å². The van der Waals surface area contributed by atoms with Crippen molar-refractivity contribution >= 4 is 57.7 Å². The summed E-state index contributed by atoms with van der Waals surface area (Å²) < 4.78 is 14.5. The highest BCUT2D eigenvalue weighted by atomic mass is 32.2. The van der Waals surface area contributed by atoms with Crippen molar-refractivity contribution < 1.29 is 4.52 Å². The molecule has 0 fully saturated rings. The van der Waals surface area contributed by atoms with E-state index >= 15 is 0 Å². The van der Waals surface area contributed by atoms with E-state index in [0.29, 0.717) is 0 Å². The van der Waals surface area contributed by atoms with Crippen LogP contribution in [-0.4, -0.2) is 22.1 Å². The maximum Gasteiger partial charge on any atom is 0.182 e. The third-order valence-corrected chi connectivity index (χ3v) is 9.03. The largest absolute Gasteiger partial charge is 0.363 e. The summed E-state index contributed by atoms with van der Waals surface area (Å²) in [6, 6.07) is 23.9. The molecular weight excluding hydrogens is 549 g/mol. The lowest BCUT2D eigenvalue weighted by molar-refractivity contribution is 0.399. The van der Waals surface area contributed by atoms with Gasteiger partial charge in [-0.3, -0.25) is 0 Å². The number of unbranched alkanes of at least 4 members (excludes halogenated alkanes) is 1. The Labute approximate surface area is 250 Å². The van der Waals surface area contributed by atoms with Crippen molar-refractivity contribution in [3.8, 4) is 5.69 Å². The number of aromatic nitrogens is 2. The van der Waals surface area contributed by atoms with E-state index in [1.165, 1.54) is 40.7 Å². The number of para-hydroxylation sites is 2. The van der Waals surface area contributed by atoms with Crippen LogP contribution < -0.4 is 19.7 Å². The Morgan fingerprint density at radius 1 is 1.00 bits per heavy atom. The van der Waals surface area contributed by atoms with Crippen LogP contribution in [0.3, 0.4) is 0 Å². The van der Waals surface area contributed by atoms with E-state index in [1.54, 1.807) is 23.9 Å². The number of fused-ring (bicyclic) bond motifs is 2. The number of aryl methyl sites for hydroxylation is 1. The van der Waals surface area contributed by atoms with E-state index < -0.39 is 0 Å². The molecule has 0 spiro atoms. The summed E-state index contributed by atoms with van der Waals surface area (Å²) in [6.07, 6.45) is 8.09. The van der Waals surface area contributed by atoms with Crippen LogP contribution in [0.1, 0.15) is 43.1 Å². The molecule has 7 nitrogen and oxygen atoms in total. The van der Waals surface area contributed by atoms with E-state index in [1.807, 2.05) is 13.8 Å². The predicted octanol–water partition coefficient (Wildman–Crippen LogP) is 8.99. The summed E-state index contributed by atoms with van der Waals surface area (Å²) in [7, 11) is 0. The van der Waals surface area contributed by atoms with Gasteiger partial charge in [0.15, 0.2) is 5.82 Å². The van der Waals surface area contributed by atoms with Crippen molar-refractivity contribution in [3.63, 3.8) is 0 Å². The first-order valence-corrected chi connectivity index (χ1v) is 16.1. The van der Waals surface area contributed by atoms with Crippen molar-refractivity contribution in [2.45, 2.75) is 57.6 Å². The van der Waals surface area contributed by atoms with Gasteiger partial charge in [-0.15, -0.1) is 0 Å². The van der Waals surface area contributed by atoms with Crippen LogP contribution in [0.4, 0.5) is 22.9 Å². The number of benzene rings is 3. The molecule has 0 amide bonds. The molecule has 6 rings (SSSR count). The van der Waals surface area contributed by atoms with Crippen LogP contribution in [0.5, 0.6) is 0 Å². The van der Waals surface area contributed by atoms with Gasteiger partial charge in [-0.1, -0.05) is 60.8 Å². The Hall–Kier alpha value is -3.69. The van der Waals surface area contributed by atoms with E-state index in [9.17, 15) is 0 Å². The van der Waals surface area contributed by atoms with Crippen LogP contribution in [0.25, 0.3) is 16.6 Å². The first-order chi connectivity index (χ1) is 20.1. The second-order valence-electron chi connectivity index (χ2n) is 10.4. The number of rotatable bonds is 11. The van der Waals surface area contributed by atoms with Crippen molar-refractivity contribution in [1.29, 1.82) is 0 Å². The minimum absolute atomic E-state index is 0.262. The molecule has 3 aromatic carbocycles. The van der Waals surface area contributed by atoms with Gasteiger partial charge in [0.25, 0.3) is 0 Å². The summed E-state index contributed by atoms with van der Waals surface area (Å²) in [6.45, 7) is 7.03. The minimum Gasteiger partial charge on any atom is -0.363 e. The lowest BCUT2D eigenvalue weighted by atomic mass is 10.1. The highest BCUT2D eigenvalue weighted by Gasteiger charge is 2.29. The number of hydrogen-bond acceptors (Lipinski definition) is 8.